The van der Waals surface area contributed by atoms with Crippen LogP contribution in [0.3, 0.4) is 0 Å². The normalized spacial score (nSPS) is 18.8. The minimum atomic E-state index is 0.505. The van der Waals surface area contributed by atoms with Crippen LogP contribution in [0.1, 0.15) is 19.8 Å². The van der Waals surface area contributed by atoms with E-state index in [1.807, 2.05) is 6.92 Å². The number of ether oxygens (including phenoxy) is 1. The Hall–Kier alpha value is -0.350. The molecule has 0 bridgehead atoms. The summed E-state index contributed by atoms with van der Waals surface area (Å²) in [5.74, 6) is 0. The van der Waals surface area contributed by atoms with Gasteiger partial charge in [-0.2, -0.15) is 0 Å². The topological polar surface area (TPSA) is 33.3 Å². The van der Waals surface area contributed by atoms with E-state index >= 15 is 0 Å². The molecule has 2 N–H and O–H groups in total. The number of thiocarbonyl (C=S) groups is 1. The summed E-state index contributed by atoms with van der Waals surface area (Å²) in [6.45, 7) is 4.63. The summed E-state index contributed by atoms with van der Waals surface area (Å²) < 4.78 is 5.24. The molecule has 3 nitrogen and oxygen atoms in total. The first-order valence-corrected chi connectivity index (χ1v) is 4.86. The number of nitrogens with one attached hydrogen (secondary N) is 2. The molecule has 0 aromatic rings. The van der Waals surface area contributed by atoms with Gasteiger partial charge in [0, 0.05) is 25.8 Å². The third-order valence-corrected chi connectivity index (χ3v) is 2.16. The Morgan fingerprint density at radius 2 is 2.17 bits per heavy atom. The van der Waals surface area contributed by atoms with Gasteiger partial charge in [-0.25, -0.2) is 0 Å². The standard InChI is InChI=1S/C8H16N2OS/c1-2-9-8(12)10-7-3-5-11-6-4-7/h7H,2-6H2,1H3,(H2,9,10,12). The summed E-state index contributed by atoms with van der Waals surface area (Å²) in [6.07, 6.45) is 2.12. The van der Waals surface area contributed by atoms with Crippen LogP contribution in [0.4, 0.5) is 0 Å². The lowest BCUT2D eigenvalue weighted by Gasteiger charge is -2.24. The van der Waals surface area contributed by atoms with Gasteiger partial charge in [-0.1, -0.05) is 0 Å². The van der Waals surface area contributed by atoms with Crippen molar-refractivity contribution in [3.05, 3.63) is 0 Å². The SMILES string of the molecule is CCNC(=S)NC1CCOCC1. The highest BCUT2D eigenvalue weighted by molar-refractivity contribution is 7.80. The molecule has 0 amide bonds. The van der Waals surface area contributed by atoms with Gasteiger partial charge in [0.1, 0.15) is 0 Å². The summed E-state index contributed by atoms with van der Waals surface area (Å²) in [4.78, 5) is 0. The highest BCUT2D eigenvalue weighted by atomic mass is 32.1. The first kappa shape index (κ1) is 9.74. The highest BCUT2D eigenvalue weighted by Crippen LogP contribution is 2.05. The summed E-state index contributed by atoms with van der Waals surface area (Å²) >= 11 is 5.07. The Kier molecular flexibility index (Phi) is 4.32. The molecule has 1 saturated heterocycles. The predicted molar refractivity (Wildman–Crippen MR) is 53.3 cm³/mol. The van der Waals surface area contributed by atoms with E-state index in [0.717, 1.165) is 37.7 Å². The van der Waals surface area contributed by atoms with Gasteiger partial charge >= 0.3 is 0 Å². The van der Waals surface area contributed by atoms with Crippen molar-refractivity contribution < 1.29 is 4.74 Å². The molecule has 0 saturated carbocycles. The maximum Gasteiger partial charge on any atom is 0.166 e. The Morgan fingerprint density at radius 1 is 1.50 bits per heavy atom. The van der Waals surface area contributed by atoms with Crippen LogP contribution in [0.15, 0.2) is 0 Å². The van der Waals surface area contributed by atoms with Crippen LogP contribution in [0, 0.1) is 0 Å². The van der Waals surface area contributed by atoms with Gasteiger partial charge in [0.25, 0.3) is 0 Å². The molecule has 0 aromatic carbocycles. The predicted octanol–water partition coefficient (Wildman–Crippen LogP) is 0.649. The van der Waals surface area contributed by atoms with E-state index in [1.54, 1.807) is 0 Å². The Bertz CT molecular complexity index is 146. The summed E-state index contributed by atoms with van der Waals surface area (Å²) in [5.41, 5.74) is 0. The maximum atomic E-state index is 5.24. The van der Waals surface area contributed by atoms with Crippen LogP contribution in [0.25, 0.3) is 0 Å². The van der Waals surface area contributed by atoms with Crippen molar-refractivity contribution in [2.24, 2.45) is 0 Å². The average molecular weight is 188 g/mol. The van der Waals surface area contributed by atoms with Gasteiger partial charge < -0.3 is 15.4 Å². The van der Waals surface area contributed by atoms with Crippen molar-refractivity contribution in [3.8, 4) is 0 Å². The first-order chi connectivity index (χ1) is 5.83. The fourth-order valence-electron chi connectivity index (χ4n) is 1.24. The molecule has 0 atom stereocenters. The summed E-state index contributed by atoms with van der Waals surface area (Å²) in [6, 6.07) is 0.505. The number of hydrogen-bond acceptors (Lipinski definition) is 2. The second-order valence-electron chi connectivity index (χ2n) is 2.89. The molecule has 1 heterocycles. The Morgan fingerprint density at radius 3 is 2.75 bits per heavy atom. The third-order valence-electron chi connectivity index (χ3n) is 1.89. The highest BCUT2D eigenvalue weighted by Gasteiger charge is 2.13. The lowest BCUT2D eigenvalue weighted by Crippen LogP contribution is -2.44. The summed E-state index contributed by atoms with van der Waals surface area (Å²) in [7, 11) is 0. The zero-order valence-corrected chi connectivity index (χ0v) is 8.25. The second-order valence-corrected chi connectivity index (χ2v) is 3.30. The van der Waals surface area contributed by atoms with E-state index in [4.69, 9.17) is 17.0 Å². The van der Waals surface area contributed by atoms with Gasteiger partial charge in [-0.05, 0) is 32.0 Å². The maximum absolute atomic E-state index is 5.24. The zero-order valence-electron chi connectivity index (χ0n) is 7.43. The second kappa shape index (κ2) is 5.32. The number of hydrogen-bond donors (Lipinski definition) is 2. The molecule has 0 radical (unpaired) electrons. The minimum absolute atomic E-state index is 0.505. The molecular formula is C8H16N2OS. The average Bonchev–Trinajstić information content (AvgIpc) is 2.06. The van der Waals surface area contributed by atoms with Gasteiger partial charge in [0.05, 0.1) is 0 Å². The Balaban J connectivity index is 2.15. The van der Waals surface area contributed by atoms with E-state index in [9.17, 15) is 0 Å². The molecule has 0 aromatic heterocycles. The van der Waals surface area contributed by atoms with E-state index in [0.29, 0.717) is 6.04 Å². The van der Waals surface area contributed by atoms with Crippen LogP contribution < -0.4 is 10.6 Å². The van der Waals surface area contributed by atoms with Crippen molar-refractivity contribution in [3.63, 3.8) is 0 Å². The van der Waals surface area contributed by atoms with Gasteiger partial charge in [0.2, 0.25) is 0 Å². The summed E-state index contributed by atoms with van der Waals surface area (Å²) in [5, 5.41) is 7.10. The van der Waals surface area contributed by atoms with Crippen LogP contribution in [0.2, 0.25) is 0 Å². The molecule has 0 aliphatic carbocycles. The van der Waals surface area contributed by atoms with E-state index < -0.39 is 0 Å². The van der Waals surface area contributed by atoms with Crippen LogP contribution >= 0.6 is 12.2 Å². The van der Waals surface area contributed by atoms with Crippen LogP contribution in [-0.2, 0) is 4.74 Å². The molecule has 1 fully saturated rings. The minimum Gasteiger partial charge on any atom is -0.381 e. The molecule has 70 valence electrons. The van der Waals surface area contributed by atoms with E-state index in [-0.39, 0.29) is 0 Å². The largest absolute Gasteiger partial charge is 0.381 e. The fourth-order valence-corrected chi connectivity index (χ4v) is 1.55. The lowest BCUT2D eigenvalue weighted by molar-refractivity contribution is 0.0824. The molecule has 1 aliphatic rings. The molecule has 0 spiro atoms. The van der Waals surface area contributed by atoms with Gasteiger partial charge in [-0.15, -0.1) is 0 Å². The lowest BCUT2D eigenvalue weighted by atomic mass is 10.1. The first-order valence-electron chi connectivity index (χ1n) is 4.45. The van der Waals surface area contributed by atoms with Crippen molar-refractivity contribution in [2.75, 3.05) is 19.8 Å². The Labute approximate surface area is 78.9 Å². The monoisotopic (exact) mass is 188 g/mol. The smallest absolute Gasteiger partial charge is 0.166 e. The van der Waals surface area contributed by atoms with Gasteiger partial charge in [-0.3, -0.25) is 0 Å². The van der Waals surface area contributed by atoms with E-state index in [2.05, 4.69) is 10.6 Å². The van der Waals surface area contributed by atoms with Crippen molar-refractivity contribution in [2.45, 2.75) is 25.8 Å². The molecule has 1 rings (SSSR count). The molecule has 1 aliphatic heterocycles. The molecule has 0 unspecified atom stereocenters. The van der Waals surface area contributed by atoms with Crippen molar-refractivity contribution in [1.29, 1.82) is 0 Å². The van der Waals surface area contributed by atoms with Crippen molar-refractivity contribution >= 4 is 17.3 Å². The van der Waals surface area contributed by atoms with E-state index in [1.165, 1.54) is 0 Å². The number of rotatable bonds is 2. The third kappa shape index (κ3) is 3.36. The quantitative estimate of drug-likeness (QED) is 0.623. The van der Waals surface area contributed by atoms with Gasteiger partial charge in [0.15, 0.2) is 5.11 Å². The fraction of sp³-hybridized carbons (Fsp3) is 0.875. The molecule has 4 heteroatoms. The van der Waals surface area contributed by atoms with Crippen LogP contribution in [0.5, 0.6) is 0 Å². The van der Waals surface area contributed by atoms with Crippen LogP contribution in [-0.4, -0.2) is 30.9 Å². The zero-order chi connectivity index (χ0) is 8.81. The van der Waals surface area contributed by atoms with Crippen molar-refractivity contribution in [1.82, 2.24) is 10.6 Å². The molecular weight excluding hydrogens is 172 g/mol. The molecule has 12 heavy (non-hydrogen) atoms.